The summed E-state index contributed by atoms with van der Waals surface area (Å²) >= 11 is 1.24. The van der Waals surface area contributed by atoms with Gasteiger partial charge in [-0.2, -0.15) is 0 Å². The Kier molecular flexibility index (Phi) is 6.73. The summed E-state index contributed by atoms with van der Waals surface area (Å²) in [6.07, 6.45) is 5.27. The van der Waals surface area contributed by atoms with Gasteiger partial charge in [-0.1, -0.05) is 17.8 Å². The smallest absolute Gasteiger partial charge is 0.185 e. The number of pyridine rings is 1. The molecule has 0 bridgehead atoms. The molecule has 3 heteroatoms. The van der Waals surface area contributed by atoms with Crippen molar-refractivity contribution >= 4 is 16.9 Å². The standard InChI is InChI=1S/C5H5N.C3H6OS/c1-2-4-6-5-3-1;1-3(4)5-2/h1-5H;1-2H3. The summed E-state index contributed by atoms with van der Waals surface area (Å²) in [5.74, 6) is 0. The van der Waals surface area contributed by atoms with Gasteiger partial charge in [0.15, 0.2) is 5.12 Å². The fourth-order valence-electron chi connectivity index (χ4n) is 0.313. The first-order valence-electron chi connectivity index (χ1n) is 3.17. The summed E-state index contributed by atoms with van der Waals surface area (Å²) in [5.41, 5.74) is 0. The van der Waals surface area contributed by atoms with Crippen molar-refractivity contribution < 1.29 is 4.79 Å². The molecule has 1 aromatic rings. The minimum Gasteiger partial charge on any atom is -0.288 e. The van der Waals surface area contributed by atoms with Gasteiger partial charge < -0.3 is 0 Å². The monoisotopic (exact) mass is 169 g/mol. The minimum atomic E-state index is 0.171. The summed E-state index contributed by atoms with van der Waals surface area (Å²) in [7, 11) is 0. The molecule has 0 amide bonds. The molecule has 0 saturated carbocycles. The number of thioether (sulfide) groups is 1. The molecule has 1 heterocycles. The lowest BCUT2D eigenvalue weighted by molar-refractivity contribution is -0.109. The molecule has 0 fully saturated rings. The van der Waals surface area contributed by atoms with Gasteiger partial charge in [0.1, 0.15) is 0 Å². The van der Waals surface area contributed by atoms with Gasteiger partial charge in [0.2, 0.25) is 0 Å². The van der Waals surface area contributed by atoms with Crippen LogP contribution < -0.4 is 0 Å². The highest BCUT2D eigenvalue weighted by Crippen LogP contribution is 1.88. The van der Waals surface area contributed by atoms with Gasteiger partial charge >= 0.3 is 0 Å². The Morgan fingerprint density at radius 1 is 1.27 bits per heavy atom. The molecule has 1 rings (SSSR count). The lowest BCUT2D eigenvalue weighted by Crippen LogP contribution is -1.72. The van der Waals surface area contributed by atoms with E-state index in [0.717, 1.165) is 0 Å². The van der Waals surface area contributed by atoms with Gasteiger partial charge in [-0.05, 0) is 18.4 Å². The van der Waals surface area contributed by atoms with Gasteiger partial charge in [0.05, 0.1) is 0 Å². The molecule has 0 atom stereocenters. The molecule has 0 aliphatic carbocycles. The number of hydrogen-bond donors (Lipinski definition) is 0. The molecule has 0 saturated heterocycles. The number of carbonyl (C=O) groups is 1. The average Bonchev–Trinajstić information content (AvgIpc) is 2.09. The lowest BCUT2D eigenvalue weighted by Gasteiger charge is -1.71. The molecular formula is C8H11NOS. The summed E-state index contributed by atoms with van der Waals surface area (Å²) < 4.78 is 0. The topological polar surface area (TPSA) is 30.0 Å². The molecule has 0 radical (unpaired) electrons. The Hall–Kier alpha value is -0.830. The Morgan fingerprint density at radius 2 is 1.73 bits per heavy atom. The van der Waals surface area contributed by atoms with Crippen LogP contribution in [0.15, 0.2) is 30.6 Å². The van der Waals surface area contributed by atoms with Crippen LogP contribution in [0.4, 0.5) is 0 Å². The van der Waals surface area contributed by atoms with E-state index in [0.29, 0.717) is 0 Å². The number of nitrogens with zero attached hydrogens (tertiary/aromatic N) is 1. The Bertz CT molecular complexity index is 162. The van der Waals surface area contributed by atoms with Gasteiger partial charge in [0, 0.05) is 19.3 Å². The predicted octanol–water partition coefficient (Wildman–Crippen LogP) is 1.98. The maximum atomic E-state index is 9.78. The molecule has 0 unspecified atom stereocenters. The van der Waals surface area contributed by atoms with Crippen LogP contribution >= 0.6 is 11.8 Å². The van der Waals surface area contributed by atoms with Crippen molar-refractivity contribution in [2.75, 3.05) is 6.26 Å². The molecule has 1 aromatic heterocycles. The fraction of sp³-hybridized carbons (Fsp3) is 0.250. The fourth-order valence-corrected chi connectivity index (χ4v) is 0.313. The maximum Gasteiger partial charge on any atom is 0.185 e. The highest BCUT2D eigenvalue weighted by atomic mass is 32.2. The molecular weight excluding hydrogens is 158 g/mol. The van der Waals surface area contributed by atoms with Crippen LogP contribution in [0.5, 0.6) is 0 Å². The van der Waals surface area contributed by atoms with Gasteiger partial charge in [-0.3, -0.25) is 9.78 Å². The molecule has 0 aliphatic rings. The predicted molar refractivity (Wildman–Crippen MR) is 48.4 cm³/mol. The molecule has 0 spiro atoms. The van der Waals surface area contributed by atoms with E-state index in [2.05, 4.69) is 4.98 Å². The Morgan fingerprint density at radius 3 is 1.82 bits per heavy atom. The van der Waals surface area contributed by atoms with Crippen LogP contribution in [0, 0.1) is 0 Å². The number of rotatable bonds is 0. The minimum absolute atomic E-state index is 0.171. The zero-order valence-electron chi connectivity index (χ0n) is 6.65. The molecule has 0 N–H and O–H groups in total. The van der Waals surface area contributed by atoms with Crippen molar-refractivity contribution in [2.24, 2.45) is 0 Å². The van der Waals surface area contributed by atoms with E-state index in [4.69, 9.17) is 0 Å². The van der Waals surface area contributed by atoms with E-state index in [1.54, 1.807) is 25.6 Å². The lowest BCUT2D eigenvalue weighted by atomic mass is 10.5. The normalized spacial score (nSPS) is 7.82. The van der Waals surface area contributed by atoms with Crippen molar-refractivity contribution in [3.8, 4) is 0 Å². The molecule has 60 valence electrons. The third-order valence-electron chi connectivity index (χ3n) is 0.854. The van der Waals surface area contributed by atoms with E-state index >= 15 is 0 Å². The van der Waals surface area contributed by atoms with Gasteiger partial charge in [0.25, 0.3) is 0 Å². The summed E-state index contributed by atoms with van der Waals surface area (Å²) in [4.78, 5) is 13.6. The van der Waals surface area contributed by atoms with Crippen molar-refractivity contribution in [3.05, 3.63) is 30.6 Å². The van der Waals surface area contributed by atoms with Gasteiger partial charge in [-0.15, -0.1) is 0 Å². The van der Waals surface area contributed by atoms with Crippen LogP contribution in [0.3, 0.4) is 0 Å². The summed E-state index contributed by atoms with van der Waals surface area (Å²) in [6.45, 7) is 1.55. The van der Waals surface area contributed by atoms with Crippen LogP contribution in [0.1, 0.15) is 6.92 Å². The van der Waals surface area contributed by atoms with Crippen LogP contribution in [0.25, 0.3) is 0 Å². The third kappa shape index (κ3) is 9.17. The number of carbonyl (C=O) groups excluding carboxylic acids is 1. The SMILES string of the molecule is CSC(C)=O.c1ccncc1. The Labute approximate surface area is 71.0 Å². The van der Waals surface area contributed by atoms with E-state index < -0.39 is 0 Å². The number of aromatic nitrogens is 1. The third-order valence-corrected chi connectivity index (χ3v) is 1.43. The first-order valence-corrected chi connectivity index (χ1v) is 4.39. The van der Waals surface area contributed by atoms with Crippen LogP contribution in [-0.4, -0.2) is 16.4 Å². The average molecular weight is 169 g/mol. The van der Waals surface area contributed by atoms with Crippen molar-refractivity contribution in [1.29, 1.82) is 0 Å². The Balaban J connectivity index is 0.000000187. The second-order valence-electron chi connectivity index (χ2n) is 1.72. The second-order valence-corrected chi connectivity index (χ2v) is 2.70. The highest BCUT2D eigenvalue weighted by molar-refractivity contribution is 8.12. The van der Waals surface area contributed by atoms with E-state index in [1.807, 2.05) is 18.2 Å². The van der Waals surface area contributed by atoms with Crippen molar-refractivity contribution in [1.82, 2.24) is 4.98 Å². The van der Waals surface area contributed by atoms with Crippen LogP contribution in [0.2, 0.25) is 0 Å². The summed E-state index contributed by atoms with van der Waals surface area (Å²) in [6, 6.07) is 5.72. The van der Waals surface area contributed by atoms with Crippen molar-refractivity contribution in [2.45, 2.75) is 6.92 Å². The maximum absolute atomic E-state index is 9.78. The highest BCUT2D eigenvalue weighted by Gasteiger charge is 1.77. The zero-order chi connectivity index (χ0) is 8.53. The van der Waals surface area contributed by atoms with E-state index in [-0.39, 0.29) is 5.12 Å². The molecule has 11 heavy (non-hydrogen) atoms. The molecule has 0 aromatic carbocycles. The van der Waals surface area contributed by atoms with E-state index in [9.17, 15) is 4.79 Å². The van der Waals surface area contributed by atoms with Crippen LogP contribution in [-0.2, 0) is 4.79 Å². The first kappa shape index (κ1) is 10.2. The summed E-state index contributed by atoms with van der Waals surface area (Å²) in [5, 5.41) is 0.171. The quantitative estimate of drug-likeness (QED) is 0.595. The number of hydrogen-bond acceptors (Lipinski definition) is 3. The van der Waals surface area contributed by atoms with Crippen molar-refractivity contribution in [3.63, 3.8) is 0 Å². The largest absolute Gasteiger partial charge is 0.288 e. The molecule has 2 nitrogen and oxygen atoms in total. The van der Waals surface area contributed by atoms with E-state index in [1.165, 1.54) is 11.8 Å². The second kappa shape index (κ2) is 7.28. The first-order chi connectivity index (χ1) is 5.27. The zero-order valence-corrected chi connectivity index (χ0v) is 7.47. The van der Waals surface area contributed by atoms with Gasteiger partial charge in [-0.25, -0.2) is 0 Å². The molecule has 0 aliphatic heterocycles.